The molecule has 174 valence electrons. The Labute approximate surface area is 194 Å². The monoisotopic (exact) mass is 450 g/mol. The molecule has 2 aromatic rings. The number of piperazine rings is 1. The van der Waals surface area contributed by atoms with Crippen molar-refractivity contribution in [1.29, 1.82) is 0 Å². The Kier molecular flexibility index (Phi) is 5.83. The van der Waals surface area contributed by atoms with Crippen LogP contribution in [0.5, 0.6) is 0 Å². The normalized spacial score (nSPS) is 25.8. The summed E-state index contributed by atoms with van der Waals surface area (Å²) in [6.45, 7) is 5.66. The maximum absolute atomic E-state index is 13.8. The van der Waals surface area contributed by atoms with Gasteiger partial charge in [-0.1, -0.05) is 18.2 Å². The van der Waals surface area contributed by atoms with Crippen LogP contribution in [0.1, 0.15) is 16.8 Å². The minimum atomic E-state index is -0.241. The SMILES string of the molecule is CN1CC[C@@]2(C1)CN(C(=O)c1ccccc1)C[C@H]2C(=O)N1CCN(c2ccc(F)cc2)CC1. The van der Waals surface area contributed by atoms with Crippen molar-refractivity contribution >= 4 is 17.5 Å². The van der Waals surface area contributed by atoms with Crippen LogP contribution < -0.4 is 4.90 Å². The van der Waals surface area contributed by atoms with Crippen molar-refractivity contribution in [3.63, 3.8) is 0 Å². The molecule has 3 saturated heterocycles. The Bertz CT molecular complexity index is 1010. The van der Waals surface area contributed by atoms with Crippen molar-refractivity contribution in [2.75, 3.05) is 64.3 Å². The summed E-state index contributed by atoms with van der Waals surface area (Å²) in [5, 5.41) is 0. The van der Waals surface area contributed by atoms with Crippen LogP contribution >= 0.6 is 0 Å². The molecule has 2 atom stereocenters. The topological polar surface area (TPSA) is 47.1 Å². The molecule has 3 aliphatic heterocycles. The van der Waals surface area contributed by atoms with Crippen molar-refractivity contribution in [3.8, 4) is 0 Å². The van der Waals surface area contributed by atoms with E-state index >= 15 is 0 Å². The second-order valence-electron chi connectivity index (χ2n) is 9.74. The maximum atomic E-state index is 13.8. The lowest BCUT2D eigenvalue weighted by Gasteiger charge is -2.39. The molecule has 1 spiro atoms. The summed E-state index contributed by atoms with van der Waals surface area (Å²) in [5.74, 6) is -0.226. The zero-order valence-corrected chi connectivity index (χ0v) is 19.1. The molecule has 0 bridgehead atoms. The van der Waals surface area contributed by atoms with Crippen LogP contribution in [0.4, 0.5) is 10.1 Å². The molecule has 2 amide bonds. The lowest BCUT2D eigenvalue weighted by atomic mass is 9.76. The van der Waals surface area contributed by atoms with Crippen LogP contribution in [-0.4, -0.2) is 85.9 Å². The molecule has 33 heavy (non-hydrogen) atoms. The Balaban J connectivity index is 1.30. The zero-order valence-electron chi connectivity index (χ0n) is 19.1. The number of hydrogen-bond acceptors (Lipinski definition) is 4. The average Bonchev–Trinajstić information content (AvgIpc) is 3.41. The van der Waals surface area contributed by atoms with Gasteiger partial charge in [-0.05, 0) is 56.4 Å². The highest BCUT2D eigenvalue weighted by Crippen LogP contribution is 2.44. The molecule has 7 heteroatoms. The van der Waals surface area contributed by atoms with Crippen LogP contribution in [0.2, 0.25) is 0 Å². The molecule has 3 aliphatic rings. The number of halogens is 1. The first kappa shape index (κ1) is 21.9. The number of benzene rings is 2. The van der Waals surface area contributed by atoms with E-state index in [1.807, 2.05) is 40.1 Å². The van der Waals surface area contributed by atoms with Gasteiger partial charge in [0.25, 0.3) is 5.91 Å². The molecule has 0 radical (unpaired) electrons. The third kappa shape index (κ3) is 4.22. The highest BCUT2D eigenvalue weighted by Gasteiger charge is 2.54. The molecule has 0 aromatic heterocycles. The minimum absolute atomic E-state index is 0.0148. The van der Waals surface area contributed by atoms with Crippen molar-refractivity contribution < 1.29 is 14.0 Å². The molecule has 0 unspecified atom stereocenters. The highest BCUT2D eigenvalue weighted by atomic mass is 19.1. The number of likely N-dealkylation sites (tertiary alicyclic amines) is 2. The molecule has 0 N–H and O–H groups in total. The van der Waals surface area contributed by atoms with E-state index in [1.165, 1.54) is 12.1 Å². The summed E-state index contributed by atoms with van der Waals surface area (Å²) >= 11 is 0. The maximum Gasteiger partial charge on any atom is 0.253 e. The van der Waals surface area contributed by atoms with Gasteiger partial charge in [0, 0.05) is 62.5 Å². The summed E-state index contributed by atoms with van der Waals surface area (Å²) < 4.78 is 13.3. The van der Waals surface area contributed by atoms with E-state index in [4.69, 9.17) is 0 Å². The van der Waals surface area contributed by atoms with Crippen LogP contribution in [0.15, 0.2) is 54.6 Å². The third-order valence-corrected chi connectivity index (χ3v) is 7.61. The number of anilines is 1. The van der Waals surface area contributed by atoms with Crippen molar-refractivity contribution in [1.82, 2.24) is 14.7 Å². The number of carbonyl (C=O) groups is 2. The second kappa shape index (κ2) is 8.78. The molecular weight excluding hydrogens is 419 g/mol. The van der Waals surface area contributed by atoms with Crippen molar-refractivity contribution in [2.24, 2.45) is 11.3 Å². The van der Waals surface area contributed by atoms with E-state index in [0.717, 1.165) is 38.3 Å². The number of rotatable bonds is 3. The van der Waals surface area contributed by atoms with Gasteiger partial charge in [-0.25, -0.2) is 4.39 Å². The smallest absolute Gasteiger partial charge is 0.253 e. The summed E-state index contributed by atoms with van der Waals surface area (Å²) in [7, 11) is 2.10. The van der Waals surface area contributed by atoms with Gasteiger partial charge in [0.2, 0.25) is 5.91 Å². The molecular formula is C26H31FN4O2. The molecule has 6 nitrogen and oxygen atoms in total. The molecule has 3 heterocycles. The van der Waals surface area contributed by atoms with Crippen LogP contribution in [0.3, 0.4) is 0 Å². The third-order valence-electron chi connectivity index (χ3n) is 7.61. The Morgan fingerprint density at radius 2 is 1.58 bits per heavy atom. The fraction of sp³-hybridized carbons (Fsp3) is 0.462. The van der Waals surface area contributed by atoms with Crippen LogP contribution in [0, 0.1) is 17.2 Å². The van der Waals surface area contributed by atoms with Crippen molar-refractivity contribution in [3.05, 3.63) is 66.0 Å². The van der Waals surface area contributed by atoms with Gasteiger partial charge in [-0.3, -0.25) is 9.59 Å². The van der Waals surface area contributed by atoms with Gasteiger partial charge in [0.15, 0.2) is 0 Å². The largest absolute Gasteiger partial charge is 0.368 e. The summed E-state index contributed by atoms with van der Waals surface area (Å²) in [6.07, 6.45) is 0.939. The quantitative estimate of drug-likeness (QED) is 0.721. The number of hydrogen-bond donors (Lipinski definition) is 0. The first-order valence-corrected chi connectivity index (χ1v) is 11.8. The van der Waals surface area contributed by atoms with Gasteiger partial charge < -0.3 is 19.6 Å². The predicted octanol–water partition coefficient (Wildman–Crippen LogP) is 2.57. The number of nitrogens with zero attached hydrogens (tertiary/aromatic N) is 4. The molecule has 3 fully saturated rings. The summed E-state index contributed by atoms with van der Waals surface area (Å²) in [5.41, 5.74) is 1.49. The summed E-state index contributed by atoms with van der Waals surface area (Å²) in [6, 6.07) is 15.9. The molecule has 0 aliphatic carbocycles. The van der Waals surface area contributed by atoms with Gasteiger partial charge in [0.05, 0.1) is 5.92 Å². The molecule has 0 saturated carbocycles. The van der Waals surface area contributed by atoms with Gasteiger partial charge in [-0.15, -0.1) is 0 Å². The van der Waals surface area contributed by atoms with E-state index in [1.54, 1.807) is 12.1 Å². The van der Waals surface area contributed by atoms with E-state index in [2.05, 4.69) is 16.8 Å². The zero-order chi connectivity index (χ0) is 23.0. The Morgan fingerprint density at radius 1 is 0.879 bits per heavy atom. The number of carbonyl (C=O) groups excluding carboxylic acids is 2. The first-order chi connectivity index (χ1) is 15.9. The van der Waals surface area contributed by atoms with E-state index in [-0.39, 0.29) is 29.0 Å². The fourth-order valence-corrected chi connectivity index (χ4v) is 5.81. The molecule has 5 rings (SSSR count). The average molecular weight is 451 g/mol. The summed E-state index contributed by atoms with van der Waals surface area (Å²) in [4.78, 5) is 35.3. The van der Waals surface area contributed by atoms with E-state index in [0.29, 0.717) is 31.7 Å². The predicted molar refractivity (Wildman–Crippen MR) is 126 cm³/mol. The Morgan fingerprint density at radius 3 is 2.21 bits per heavy atom. The standard InChI is InChI=1S/C26H31FN4O2/c1-28-12-11-26(18-28)19-31(24(32)20-5-3-2-4-6-20)17-23(26)25(33)30-15-13-29(14-16-30)22-9-7-21(27)8-10-22/h2-10,23H,11-19H2,1H3/t23-,26+/m0/s1. The van der Waals surface area contributed by atoms with Gasteiger partial charge in [0.1, 0.15) is 5.82 Å². The van der Waals surface area contributed by atoms with Crippen LogP contribution in [-0.2, 0) is 4.79 Å². The van der Waals surface area contributed by atoms with Gasteiger partial charge >= 0.3 is 0 Å². The second-order valence-corrected chi connectivity index (χ2v) is 9.74. The van der Waals surface area contributed by atoms with E-state index < -0.39 is 0 Å². The lowest BCUT2D eigenvalue weighted by molar-refractivity contribution is -0.138. The van der Waals surface area contributed by atoms with Crippen LogP contribution in [0.25, 0.3) is 0 Å². The van der Waals surface area contributed by atoms with E-state index in [9.17, 15) is 14.0 Å². The first-order valence-electron chi connectivity index (χ1n) is 11.8. The minimum Gasteiger partial charge on any atom is -0.368 e. The lowest BCUT2D eigenvalue weighted by Crippen LogP contribution is -2.53. The fourth-order valence-electron chi connectivity index (χ4n) is 5.81. The van der Waals surface area contributed by atoms with Crippen molar-refractivity contribution in [2.45, 2.75) is 6.42 Å². The Hall–Kier alpha value is -2.93. The molecule has 2 aromatic carbocycles. The number of amides is 2. The van der Waals surface area contributed by atoms with Gasteiger partial charge in [-0.2, -0.15) is 0 Å². The highest BCUT2D eigenvalue weighted by molar-refractivity contribution is 5.95.